The van der Waals surface area contributed by atoms with E-state index in [1.807, 2.05) is 36.4 Å². The van der Waals surface area contributed by atoms with Crippen molar-refractivity contribution in [3.63, 3.8) is 0 Å². The molecule has 0 unspecified atom stereocenters. The number of benzene rings is 2. The minimum absolute atomic E-state index is 0.0976. The summed E-state index contributed by atoms with van der Waals surface area (Å²) < 4.78 is 1.07. The number of nitrogens with zero attached hydrogens (tertiary/aromatic N) is 1. The minimum Gasteiger partial charge on any atom is -0.272 e. The number of thioether (sulfide) groups is 1. The topological polar surface area (TPSA) is 41.5 Å². The van der Waals surface area contributed by atoms with Crippen molar-refractivity contribution >= 4 is 39.8 Å². The van der Waals surface area contributed by atoms with Crippen LogP contribution in [-0.4, -0.2) is 17.9 Å². The highest BCUT2D eigenvalue weighted by molar-refractivity contribution is 9.10. The van der Waals surface area contributed by atoms with Crippen LogP contribution in [0, 0.1) is 0 Å². The quantitative estimate of drug-likeness (QED) is 0.521. The van der Waals surface area contributed by atoms with E-state index in [4.69, 9.17) is 0 Å². The third-order valence-corrected chi connectivity index (χ3v) is 5.38. The van der Waals surface area contributed by atoms with Crippen molar-refractivity contribution in [2.24, 2.45) is 5.10 Å². The molecule has 0 aliphatic carbocycles. The molecule has 0 saturated heterocycles. The van der Waals surface area contributed by atoms with E-state index in [0.29, 0.717) is 5.75 Å². The monoisotopic (exact) mass is 418 g/mol. The molecule has 0 spiro atoms. The molecule has 0 radical (unpaired) electrons. The zero-order valence-electron chi connectivity index (χ0n) is 14.8. The first-order chi connectivity index (χ1) is 11.9. The summed E-state index contributed by atoms with van der Waals surface area (Å²) in [5, 5.41) is 4.03. The molecule has 5 heteroatoms. The number of hydrazone groups is 1. The highest BCUT2D eigenvalue weighted by atomic mass is 79.9. The van der Waals surface area contributed by atoms with Crippen molar-refractivity contribution < 1.29 is 4.79 Å². The van der Waals surface area contributed by atoms with Crippen molar-refractivity contribution in [1.82, 2.24) is 5.43 Å². The number of carbonyl (C=O) groups is 1. The number of amides is 1. The van der Waals surface area contributed by atoms with Crippen molar-refractivity contribution in [1.29, 1.82) is 0 Å². The molecule has 0 fully saturated rings. The number of hydrogen-bond donors (Lipinski definition) is 1. The molecule has 0 saturated carbocycles. The van der Waals surface area contributed by atoms with Crippen LogP contribution in [0.3, 0.4) is 0 Å². The fourth-order valence-electron chi connectivity index (χ4n) is 2.15. The Morgan fingerprint density at radius 1 is 1.16 bits per heavy atom. The van der Waals surface area contributed by atoms with Crippen LogP contribution in [0.2, 0.25) is 0 Å². The molecule has 2 aromatic rings. The summed E-state index contributed by atoms with van der Waals surface area (Å²) in [6, 6.07) is 16.2. The standard InChI is InChI=1S/C20H23BrN2OS/c1-20(2,3)17-10-8-15(9-11-17)12-22-23-19(24)14-25-13-16-6-4-5-7-18(16)21/h4-12H,13-14H2,1-3H3,(H,23,24)/b22-12-. The lowest BCUT2D eigenvalue weighted by Gasteiger charge is -2.18. The molecule has 1 N–H and O–H groups in total. The Morgan fingerprint density at radius 3 is 2.48 bits per heavy atom. The lowest BCUT2D eigenvalue weighted by molar-refractivity contribution is -0.118. The molecular formula is C20H23BrN2OS. The van der Waals surface area contributed by atoms with E-state index < -0.39 is 0 Å². The van der Waals surface area contributed by atoms with Gasteiger partial charge in [0.25, 0.3) is 0 Å². The van der Waals surface area contributed by atoms with Crippen LogP contribution in [0.15, 0.2) is 58.1 Å². The van der Waals surface area contributed by atoms with Crippen LogP contribution < -0.4 is 5.43 Å². The Balaban J connectivity index is 1.76. The molecule has 2 rings (SSSR count). The Morgan fingerprint density at radius 2 is 1.84 bits per heavy atom. The van der Waals surface area contributed by atoms with Crippen LogP contribution in [0.5, 0.6) is 0 Å². The molecule has 1 amide bonds. The lowest BCUT2D eigenvalue weighted by Crippen LogP contribution is -2.19. The molecule has 0 atom stereocenters. The van der Waals surface area contributed by atoms with Gasteiger partial charge in [0.1, 0.15) is 0 Å². The number of carbonyl (C=O) groups excluding carboxylic acids is 1. The van der Waals surface area contributed by atoms with Gasteiger partial charge < -0.3 is 0 Å². The average Bonchev–Trinajstić information content (AvgIpc) is 2.56. The highest BCUT2D eigenvalue weighted by Crippen LogP contribution is 2.22. The third-order valence-electron chi connectivity index (χ3n) is 3.63. The molecule has 0 bridgehead atoms. The Bertz CT molecular complexity index is 736. The molecule has 3 nitrogen and oxygen atoms in total. The molecule has 25 heavy (non-hydrogen) atoms. The Kier molecular flexibility index (Phi) is 7.26. The molecule has 0 heterocycles. The lowest BCUT2D eigenvalue weighted by atomic mass is 9.87. The van der Waals surface area contributed by atoms with E-state index in [-0.39, 0.29) is 11.3 Å². The van der Waals surface area contributed by atoms with E-state index in [9.17, 15) is 4.79 Å². The normalized spacial score (nSPS) is 11.7. The van der Waals surface area contributed by atoms with Gasteiger partial charge in [0, 0.05) is 10.2 Å². The van der Waals surface area contributed by atoms with Gasteiger partial charge in [0.2, 0.25) is 5.91 Å². The highest BCUT2D eigenvalue weighted by Gasteiger charge is 2.12. The first-order valence-corrected chi connectivity index (χ1v) is 10.0. The fourth-order valence-corrected chi connectivity index (χ4v) is 3.58. The van der Waals surface area contributed by atoms with Crippen LogP contribution in [-0.2, 0) is 16.0 Å². The van der Waals surface area contributed by atoms with Crippen molar-refractivity contribution in [3.05, 3.63) is 69.7 Å². The van der Waals surface area contributed by atoms with Crippen molar-refractivity contribution in [2.45, 2.75) is 31.9 Å². The summed E-state index contributed by atoms with van der Waals surface area (Å²) >= 11 is 5.07. The second kappa shape index (κ2) is 9.20. The number of nitrogens with one attached hydrogen (secondary N) is 1. The first kappa shape index (κ1) is 19.7. The largest absolute Gasteiger partial charge is 0.272 e. The maximum Gasteiger partial charge on any atom is 0.250 e. The smallest absolute Gasteiger partial charge is 0.250 e. The zero-order chi connectivity index (χ0) is 18.3. The molecule has 0 aromatic heterocycles. The van der Waals surface area contributed by atoms with Gasteiger partial charge in [-0.2, -0.15) is 5.10 Å². The van der Waals surface area contributed by atoms with Crippen LogP contribution in [0.4, 0.5) is 0 Å². The zero-order valence-corrected chi connectivity index (χ0v) is 17.2. The Labute approximate surface area is 162 Å². The summed E-state index contributed by atoms with van der Waals surface area (Å²) in [6.07, 6.45) is 1.67. The summed E-state index contributed by atoms with van der Waals surface area (Å²) in [4.78, 5) is 11.8. The average molecular weight is 419 g/mol. The summed E-state index contributed by atoms with van der Waals surface area (Å²) in [7, 11) is 0. The maximum absolute atomic E-state index is 11.8. The maximum atomic E-state index is 11.8. The second-order valence-corrected chi connectivity index (χ2v) is 8.59. The van der Waals surface area contributed by atoms with E-state index in [1.54, 1.807) is 18.0 Å². The van der Waals surface area contributed by atoms with Gasteiger partial charge in [-0.3, -0.25) is 4.79 Å². The van der Waals surface area contributed by atoms with Crippen LogP contribution >= 0.6 is 27.7 Å². The minimum atomic E-state index is -0.0976. The van der Waals surface area contributed by atoms with Gasteiger partial charge in [-0.15, -0.1) is 11.8 Å². The fraction of sp³-hybridized carbons (Fsp3) is 0.300. The Hall–Kier alpha value is -1.59. The molecule has 2 aromatic carbocycles. The third kappa shape index (κ3) is 6.67. The predicted molar refractivity (Wildman–Crippen MR) is 111 cm³/mol. The van der Waals surface area contributed by atoms with Crippen LogP contribution in [0.1, 0.15) is 37.5 Å². The summed E-state index contributed by atoms with van der Waals surface area (Å²) in [5.74, 6) is 1.06. The van der Waals surface area contributed by atoms with E-state index in [2.05, 4.69) is 59.4 Å². The van der Waals surface area contributed by atoms with Gasteiger partial charge in [0.15, 0.2) is 0 Å². The van der Waals surface area contributed by atoms with Gasteiger partial charge >= 0.3 is 0 Å². The summed E-state index contributed by atoms with van der Waals surface area (Å²) in [6.45, 7) is 6.55. The van der Waals surface area contributed by atoms with E-state index in [0.717, 1.165) is 15.8 Å². The number of rotatable bonds is 6. The first-order valence-electron chi connectivity index (χ1n) is 8.10. The predicted octanol–water partition coefficient (Wildman–Crippen LogP) is 5.13. The second-order valence-electron chi connectivity index (χ2n) is 6.75. The van der Waals surface area contributed by atoms with E-state index >= 15 is 0 Å². The van der Waals surface area contributed by atoms with Crippen LogP contribution in [0.25, 0.3) is 0 Å². The number of halogens is 1. The van der Waals surface area contributed by atoms with Gasteiger partial charge in [-0.1, -0.05) is 79.2 Å². The number of hydrogen-bond acceptors (Lipinski definition) is 3. The van der Waals surface area contributed by atoms with Crippen molar-refractivity contribution in [2.75, 3.05) is 5.75 Å². The van der Waals surface area contributed by atoms with Gasteiger partial charge in [0.05, 0.1) is 12.0 Å². The van der Waals surface area contributed by atoms with Gasteiger partial charge in [-0.05, 0) is 28.2 Å². The molecule has 0 aliphatic heterocycles. The molecule has 132 valence electrons. The summed E-state index contributed by atoms with van der Waals surface area (Å²) in [5.41, 5.74) is 6.13. The molecular weight excluding hydrogens is 396 g/mol. The van der Waals surface area contributed by atoms with Gasteiger partial charge in [-0.25, -0.2) is 5.43 Å². The van der Waals surface area contributed by atoms with E-state index in [1.165, 1.54) is 11.1 Å². The van der Waals surface area contributed by atoms with Crippen molar-refractivity contribution in [3.8, 4) is 0 Å². The molecule has 0 aliphatic rings. The SMILES string of the molecule is CC(C)(C)c1ccc(/C=N\NC(=O)CSCc2ccccc2Br)cc1.